The van der Waals surface area contributed by atoms with Crippen molar-refractivity contribution in [2.75, 3.05) is 6.61 Å². The maximum absolute atomic E-state index is 11.9. The van der Waals surface area contributed by atoms with Gasteiger partial charge in [0.2, 0.25) is 0 Å². The highest BCUT2D eigenvalue weighted by Crippen LogP contribution is 2.15. The molecule has 0 saturated heterocycles. The van der Waals surface area contributed by atoms with E-state index in [1.807, 2.05) is 31.2 Å². The summed E-state index contributed by atoms with van der Waals surface area (Å²) in [6.07, 6.45) is 0. The van der Waals surface area contributed by atoms with E-state index < -0.39 is 5.97 Å². The number of H-pyrrole nitrogens is 1. The molecule has 96 valence electrons. The number of aromatic amines is 1. The molecule has 2 aromatic rings. The number of ether oxygens (including phenoxy) is 1. The van der Waals surface area contributed by atoms with E-state index in [9.17, 15) is 9.59 Å². The van der Waals surface area contributed by atoms with Gasteiger partial charge in [-0.1, -0.05) is 18.2 Å². The van der Waals surface area contributed by atoms with Gasteiger partial charge < -0.3 is 9.72 Å². The first-order chi connectivity index (χ1) is 9.13. The lowest BCUT2D eigenvalue weighted by atomic mass is 10.1. The van der Waals surface area contributed by atoms with Crippen LogP contribution in [0.1, 0.15) is 18.1 Å². The molecule has 1 aromatic heterocycles. The van der Waals surface area contributed by atoms with Crippen molar-refractivity contribution in [1.29, 1.82) is 0 Å². The van der Waals surface area contributed by atoms with Crippen LogP contribution in [0.5, 0.6) is 0 Å². The first-order valence-corrected chi connectivity index (χ1v) is 5.94. The molecule has 0 spiro atoms. The summed E-state index contributed by atoms with van der Waals surface area (Å²) in [6.45, 7) is 3.78. The van der Waals surface area contributed by atoms with E-state index in [0.29, 0.717) is 5.56 Å². The van der Waals surface area contributed by atoms with E-state index in [2.05, 4.69) is 16.8 Å². The van der Waals surface area contributed by atoms with Gasteiger partial charge in [-0.15, -0.1) is 0 Å². The van der Waals surface area contributed by atoms with Gasteiger partial charge in [-0.2, -0.15) is 0 Å². The van der Waals surface area contributed by atoms with Crippen molar-refractivity contribution in [2.45, 2.75) is 13.8 Å². The number of fused-ring (bicyclic) bond motifs is 1. The van der Waals surface area contributed by atoms with Gasteiger partial charge in [0.25, 0.3) is 5.56 Å². The van der Waals surface area contributed by atoms with Crippen molar-refractivity contribution in [2.24, 2.45) is 0 Å². The number of hydrogen-bond donors (Lipinski definition) is 1. The molecule has 0 amide bonds. The monoisotopic (exact) mass is 255 g/mol. The largest absolute Gasteiger partial charge is 0.456 e. The quantitative estimate of drug-likeness (QED) is 0.624. The minimum Gasteiger partial charge on any atom is -0.456 e. The molecule has 4 nitrogen and oxygen atoms in total. The van der Waals surface area contributed by atoms with Gasteiger partial charge in [-0.3, -0.25) is 4.79 Å². The molecular weight excluding hydrogens is 242 g/mol. The van der Waals surface area contributed by atoms with Crippen LogP contribution in [0.15, 0.2) is 29.1 Å². The topological polar surface area (TPSA) is 59.2 Å². The van der Waals surface area contributed by atoms with Crippen molar-refractivity contribution in [3.05, 3.63) is 45.7 Å². The van der Waals surface area contributed by atoms with E-state index in [1.165, 1.54) is 0 Å². The summed E-state index contributed by atoms with van der Waals surface area (Å²) in [5.74, 6) is 4.27. The minimum absolute atomic E-state index is 0.264. The molecule has 0 saturated carbocycles. The number of nitrogens with one attached hydrogen (secondary N) is 1. The number of rotatable bonds is 1. The summed E-state index contributed by atoms with van der Waals surface area (Å²) >= 11 is 0. The summed E-state index contributed by atoms with van der Waals surface area (Å²) in [4.78, 5) is 25.9. The van der Waals surface area contributed by atoms with Gasteiger partial charge in [0.05, 0.1) is 12.2 Å². The highest BCUT2D eigenvalue weighted by atomic mass is 16.5. The number of pyridine rings is 1. The van der Waals surface area contributed by atoms with Crippen molar-refractivity contribution in [1.82, 2.24) is 4.98 Å². The second-order valence-electron chi connectivity index (χ2n) is 3.97. The van der Waals surface area contributed by atoms with Gasteiger partial charge >= 0.3 is 5.97 Å². The Bertz CT molecular complexity index is 747. The number of carbonyl (C=O) groups excluding carboxylic acids is 1. The Morgan fingerprint density at radius 1 is 1.37 bits per heavy atom. The molecule has 0 radical (unpaired) electrons. The predicted octanol–water partition coefficient (Wildman–Crippen LogP) is 1.75. The normalized spacial score (nSPS) is 9.79. The van der Waals surface area contributed by atoms with E-state index >= 15 is 0 Å². The Balaban J connectivity index is 2.55. The van der Waals surface area contributed by atoms with Crippen molar-refractivity contribution < 1.29 is 9.53 Å². The zero-order chi connectivity index (χ0) is 13.8. The number of para-hydroxylation sites is 1. The standard InChI is InChI=1S/C15H13NO3/c1-3-19-14(17)9-8-12-10(2)11-6-4-5-7-13(11)16-15(12)18/h4-7H,3H2,1-2H3,(H,16,18). The van der Waals surface area contributed by atoms with Gasteiger partial charge in [-0.05, 0) is 31.4 Å². The molecule has 0 atom stereocenters. The number of benzene rings is 1. The molecule has 0 aliphatic heterocycles. The second-order valence-corrected chi connectivity index (χ2v) is 3.97. The first-order valence-electron chi connectivity index (χ1n) is 5.94. The van der Waals surface area contributed by atoms with Gasteiger partial charge in [0, 0.05) is 16.8 Å². The smallest absolute Gasteiger partial charge is 0.384 e. The van der Waals surface area contributed by atoms with Crippen LogP contribution in [0.3, 0.4) is 0 Å². The predicted molar refractivity (Wildman–Crippen MR) is 72.8 cm³/mol. The van der Waals surface area contributed by atoms with Crippen LogP contribution in [-0.2, 0) is 9.53 Å². The number of hydrogen-bond acceptors (Lipinski definition) is 3. The molecular formula is C15H13NO3. The third-order valence-corrected chi connectivity index (χ3v) is 2.75. The summed E-state index contributed by atoms with van der Waals surface area (Å²) in [5.41, 5.74) is 1.52. The van der Waals surface area contributed by atoms with Crippen LogP contribution < -0.4 is 5.56 Å². The fourth-order valence-corrected chi connectivity index (χ4v) is 1.84. The molecule has 0 aliphatic carbocycles. The number of aryl methyl sites for hydroxylation is 1. The molecule has 0 bridgehead atoms. The zero-order valence-electron chi connectivity index (χ0n) is 10.7. The zero-order valence-corrected chi connectivity index (χ0v) is 10.7. The lowest BCUT2D eigenvalue weighted by Crippen LogP contribution is -2.12. The van der Waals surface area contributed by atoms with E-state index in [-0.39, 0.29) is 12.2 Å². The van der Waals surface area contributed by atoms with Crippen LogP contribution in [0, 0.1) is 18.8 Å². The second kappa shape index (κ2) is 5.40. The average molecular weight is 255 g/mol. The molecule has 0 unspecified atom stereocenters. The SMILES string of the molecule is CCOC(=O)C#Cc1c(C)c2ccccc2[nH]c1=O. The molecule has 1 aromatic carbocycles. The van der Waals surface area contributed by atoms with Crippen LogP contribution in [0.4, 0.5) is 0 Å². The summed E-state index contributed by atoms with van der Waals surface area (Å²) < 4.78 is 4.71. The highest BCUT2D eigenvalue weighted by molar-refractivity contribution is 5.90. The summed E-state index contributed by atoms with van der Waals surface area (Å²) in [5, 5.41) is 0.912. The summed E-state index contributed by atoms with van der Waals surface area (Å²) in [6, 6.07) is 7.46. The molecule has 1 heterocycles. The van der Waals surface area contributed by atoms with Crippen molar-refractivity contribution >= 4 is 16.9 Å². The molecule has 2 rings (SSSR count). The number of esters is 1. The van der Waals surface area contributed by atoms with Gasteiger partial charge in [0.1, 0.15) is 0 Å². The van der Waals surface area contributed by atoms with E-state index in [1.54, 1.807) is 6.92 Å². The Morgan fingerprint density at radius 3 is 2.84 bits per heavy atom. The van der Waals surface area contributed by atoms with E-state index in [0.717, 1.165) is 16.5 Å². The fourth-order valence-electron chi connectivity index (χ4n) is 1.84. The molecule has 4 heteroatoms. The number of aromatic nitrogens is 1. The fraction of sp³-hybridized carbons (Fsp3) is 0.200. The van der Waals surface area contributed by atoms with E-state index in [4.69, 9.17) is 4.74 Å². The maximum Gasteiger partial charge on any atom is 0.384 e. The molecule has 0 aliphatic rings. The maximum atomic E-state index is 11.9. The molecule has 19 heavy (non-hydrogen) atoms. The molecule has 1 N–H and O–H groups in total. The number of carbonyl (C=O) groups is 1. The van der Waals surface area contributed by atoms with Gasteiger partial charge in [0.15, 0.2) is 0 Å². The lowest BCUT2D eigenvalue weighted by molar-refractivity contribution is -0.136. The summed E-state index contributed by atoms with van der Waals surface area (Å²) in [7, 11) is 0. The Morgan fingerprint density at radius 2 is 2.11 bits per heavy atom. The third-order valence-electron chi connectivity index (χ3n) is 2.75. The lowest BCUT2D eigenvalue weighted by Gasteiger charge is -2.03. The Kier molecular flexibility index (Phi) is 3.67. The highest BCUT2D eigenvalue weighted by Gasteiger charge is 2.06. The average Bonchev–Trinajstić information content (AvgIpc) is 2.39. The van der Waals surface area contributed by atoms with Crippen molar-refractivity contribution in [3.63, 3.8) is 0 Å². The van der Waals surface area contributed by atoms with Crippen molar-refractivity contribution in [3.8, 4) is 11.8 Å². The van der Waals surface area contributed by atoms with Gasteiger partial charge in [-0.25, -0.2) is 4.79 Å². The Labute approximate surface area is 110 Å². The third kappa shape index (κ3) is 2.66. The van der Waals surface area contributed by atoms with Crippen LogP contribution in [0.25, 0.3) is 10.9 Å². The van der Waals surface area contributed by atoms with Crippen LogP contribution in [0.2, 0.25) is 0 Å². The first kappa shape index (κ1) is 12.9. The van der Waals surface area contributed by atoms with Crippen LogP contribution >= 0.6 is 0 Å². The molecule has 0 fully saturated rings. The van der Waals surface area contributed by atoms with Crippen LogP contribution in [-0.4, -0.2) is 17.6 Å². The minimum atomic E-state index is -0.630. The Hall–Kier alpha value is -2.54.